The predicted molar refractivity (Wildman–Crippen MR) is 66.1 cm³/mol. The molecule has 1 aromatic carbocycles. The average molecular weight is 242 g/mol. The Morgan fingerprint density at radius 3 is 2.81 bits per heavy atom. The van der Waals surface area contributed by atoms with Crippen molar-refractivity contribution in [1.29, 1.82) is 0 Å². The molecule has 0 aromatic heterocycles. The van der Waals surface area contributed by atoms with Crippen LogP contribution in [-0.4, -0.2) is 13.0 Å². The molecule has 16 heavy (non-hydrogen) atoms. The molecule has 0 saturated carbocycles. The molecule has 0 heterocycles. The summed E-state index contributed by atoms with van der Waals surface area (Å²) in [6, 6.07) is 5.13. The lowest BCUT2D eigenvalue weighted by molar-refractivity contribution is -0.119. The van der Waals surface area contributed by atoms with Gasteiger partial charge in [-0.15, -0.1) is 0 Å². The lowest BCUT2D eigenvalue weighted by Crippen LogP contribution is -2.20. The van der Waals surface area contributed by atoms with Gasteiger partial charge in [0.05, 0.1) is 12.8 Å². The lowest BCUT2D eigenvalue weighted by Gasteiger charge is -2.13. The first-order chi connectivity index (χ1) is 7.58. The average Bonchev–Trinajstić information content (AvgIpc) is 2.28. The molecule has 0 saturated heterocycles. The highest BCUT2D eigenvalue weighted by Gasteiger charge is 2.13. The summed E-state index contributed by atoms with van der Waals surface area (Å²) in [6.45, 7) is 3.85. The standard InChI is InChI=1S/C12H16ClNO2/c1-4-8(2)12(15)14-10-7-9(13)5-6-11(10)16-3/h5-8H,4H2,1-3H3,(H,14,15)/t8-/m0/s1. The third-order valence-electron chi connectivity index (χ3n) is 2.48. The van der Waals surface area contributed by atoms with E-state index in [0.717, 1.165) is 6.42 Å². The van der Waals surface area contributed by atoms with Crippen molar-refractivity contribution in [2.24, 2.45) is 5.92 Å². The summed E-state index contributed by atoms with van der Waals surface area (Å²) >= 11 is 5.86. The summed E-state index contributed by atoms with van der Waals surface area (Å²) in [5, 5.41) is 3.37. The summed E-state index contributed by atoms with van der Waals surface area (Å²) in [7, 11) is 1.56. The summed E-state index contributed by atoms with van der Waals surface area (Å²) in [4.78, 5) is 11.7. The number of hydrogen-bond acceptors (Lipinski definition) is 2. The summed E-state index contributed by atoms with van der Waals surface area (Å²) < 4.78 is 5.14. The van der Waals surface area contributed by atoms with Gasteiger partial charge in [-0.1, -0.05) is 25.4 Å². The van der Waals surface area contributed by atoms with E-state index in [1.54, 1.807) is 25.3 Å². The van der Waals surface area contributed by atoms with Crippen LogP contribution < -0.4 is 10.1 Å². The van der Waals surface area contributed by atoms with Crippen molar-refractivity contribution in [3.63, 3.8) is 0 Å². The van der Waals surface area contributed by atoms with Gasteiger partial charge >= 0.3 is 0 Å². The second-order valence-electron chi connectivity index (χ2n) is 3.64. The first kappa shape index (κ1) is 12.8. The van der Waals surface area contributed by atoms with E-state index < -0.39 is 0 Å². The van der Waals surface area contributed by atoms with Crippen molar-refractivity contribution in [2.45, 2.75) is 20.3 Å². The third-order valence-corrected chi connectivity index (χ3v) is 2.71. The minimum Gasteiger partial charge on any atom is -0.495 e. The molecule has 0 radical (unpaired) electrons. The predicted octanol–water partition coefficient (Wildman–Crippen LogP) is 3.33. The van der Waals surface area contributed by atoms with Crippen molar-refractivity contribution in [1.82, 2.24) is 0 Å². The van der Waals surface area contributed by atoms with Gasteiger partial charge in [-0.3, -0.25) is 4.79 Å². The molecule has 1 amide bonds. The van der Waals surface area contributed by atoms with Crippen LogP contribution in [0.25, 0.3) is 0 Å². The zero-order valence-electron chi connectivity index (χ0n) is 9.71. The first-order valence-corrected chi connectivity index (χ1v) is 5.60. The molecule has 88 valence electrons. The minimum absolute atomic E-state index is 0.0244. The second kappa shape index (κ2) is 5.75. The molecular formula is C12H16ClNO2. The number of hydrogen-bond donors (Lipinski definition) is 1. The van der Waals surface area contributed by atoms with Crippen LogP contribution in [-0.2, 0) is 4.79 Å². The molecule has 0 fully saturated rings. The number of carbonyl (C=O) groups excluding carboxylic acids is 1. The van der Waals surface area contributed by atoms with Crippen molar-refractivity contribution in [2.75, 3.05) is 12.4 Å². The molecule has 0 aliphatic heterocycles. The number of carbonyl (C=O) groups is 1. The highest BCUT2D eigenvalue weighted by molar-refractivity contribution is 6.31. The number of benzene rings is 1. The van der Waals surface area contributed by atoms with Crippen molar-refractivity contribution in [3.05, 3.63) is 23.2 Å². The van der Waals surface area contributed by atoms with Crippen molar-refractivity contribution >= 4 is 23.2 Å². The van der Waals surface area contributed by atoms with Crippen LogP contribution in [0.3, 0.4) is 0 Å². The first-order valence-electron chi connectivity index (χ1n) is 5.22. The molecule has 3 nitrogen and oxygen atoms in total. The molecule has 0 aliphatic rings. The van der Waals surface area contributed by atoms with Crippen LogP contribution in [0.2, 0.25) is 5.02 Å². The van der Waals surface area contributed by atoms with Crippen molar-refractivity contribution < 1.29 is 9.53 Å². The number of ether oxygens (including phenoxy) is 1. The molecule has 0 unspecified atom stereocenters. The number of rotatable bonds is 4. The van der Waals surface area contributed by atoms with E-state index in [4.69, 9.17) is 16.3 Å². The van der Waals surface area contributed by atoms with Crippen molar-refractivity contribution in [3.8, 4) is 5.75 Å². The smallest absolute Gasteiger partial charge is 0.227 e. The fourth-order valence-electron chi connectivity index (χ4n) is 1.22. The van der Waals surface area contributed by atoms with Crippen LogP contribution in [0.15, 0.2) is 18.2 Å². The van der Waals surface area contributed by atoms with Crippen LogP contribution in [0.4, 0.5) is 5.69 Å². The molecule has 1 N–H and O–H groups in total. The van der Waals surface area contributed by atoms with E-state index >= 15 is 0 Å². The van der Waals surface area contributed by atoms with E-state index in [1.807, 2.05) is 13.8 Å². The van der Waals surface area contributed by atoms with Gasteiger partial charge in [0.25, 0.3) is 0 Å². The topological polar surface area (TPSA) is 38.3 Å². The molecule has 1 atom stereocenters. The summed E-state index contributed by atoms with van der Waals surface area (Å²) in [5.74, 6) is 0.563. The van der Waals surface area contributed by atoms with Crippen LogP contribution in [0, 0.1) is 5.92 Å². The zero-order valence-corrected chi connectivity index (χ0v) is 10.5. The number of amides is 1. The van der Waals surface area contributed by atoms with E-state index in [9.17, 15) is 4.79 Å². The number of anilines is 1. The molecule has 4 heteroatoms. The van der Waals surface area contributed by atoms with E-state index in [1.165, 1.54) is 0 Å². The molecule has 1 rings (SSSR count). The Balaban J connectivity index is 2.87. The van der Waals surface area contributed by atoms with Crippen LogP contribution in [0.1, 0.15) is 20.3 Å². The fraction of sp³-hybridized carbons (Fsp3) is 0.417. The van der Waals surface area contributed by atoms with Gasteiger partial charge < -0.3 is 10.1 Å². The molecule has 0 bridgehead atoms. The fourth-order valence-corrected chi connectivity index (χ4v) is 1.39. The Morgan fingerprint density at radius 1 is 1.56 bits per heavy atom. The van der Waals surface area contributed by atoms with Gasteiger partial charge in [0.2, 0.25) is 5.91 Å². The van der Waals surface area contributed by atoms with Gasteiger partial charge in [-0.2, -0.15) is 0 Å². The van der Waals surface area contributed by atoms with Gasteiger partial charge in [0.15, 0.2) is 0 Å². The van der Waals surface area contributed by atoms with E-state index in [2.05, 4.69) is 5.32 Å². The Labute approximate surface area is 101 Å². The van der Waals surface area contributed by atoms with E-state index in [-0.39, 0.29) is 11.8 Å². The Morgan fingerprint density at radius 2 is 2.25 bits per heavy atom. The van der Waals surface area contributed by atoms with Gasteiger partial charge in [-0.25, -0.2) is 0 Å². The van der Waals surface area contributed by atoms with Crippen LogP contribution in [0.5, 0.6) is 5.75 Å². The summed E-state index contributed by atoms with van der Waals surface area (Å²) in [6.07, 6.45) is 0.800. The maximum Gasteiger partial charge on any atom is 0.227 e. The molecule has 0 aliphatic carbocycles. The minimum atomic E-state index is -0.0249. The Hall–Kier alpha value is -1.22. The maximum absolute atomic E-state index is 11.7. The molecule has 0 spiro atoms. The quantitative estimate of drug-likeness (QED) is 0.878. The van der Waals surface area contributed by atoms with Gasteiger partial charge in [-0.05, 0) is 24.6 Å². The normalized spacial score (nSPS) is 12.0. The highest BCUT2D eigenvalue weighted by atomic mass is 35.5. The summed E-state index contributed by atoms with van der Waals surface area (Å²) in [5.41, 5.74) is 0.611. The Bertz CT molecular complexity index is 379. The van der Waals surface area contributed by atoms with Gasteiger partial charge in [0.1, 0.15) is 5.75 Å². The van der Waals surface area contributed by atoms with Gasteiger partial charge in [0, 0.05) is 10.9 Å². The van der Waals surface area contributed by atoms with E-state index in [0.29, 0.717) is 16.5 Å². The highest BCUT2D eigenvalue weighted by Crippen LogP contribution is 2.28. The maximum atomic E-state index is 11.7. The largest absolute Gasteiger partial charge is 0.495 e. The third kappa shape index (κ3) is 3.14. The Kier molecular flexibility index (Phi) is 4.62. The lowest BCUT2D eigenvalue weighted by atomic mass is 10.1. The molecular weight excluding hydrogens is 226 g/mol. The SMILES string of the molecule is CC[C@H](C)C(=O)Nc1cc(Cl)ccc1OC. The zero-order chi connectivity index (χ0) is 12.1. The number of halogens is 1. The monoisotopic (exact) mass is 241 g/mol. The second-order valence-corrected chi connectivity index (χ2v) is 4.08. The number of methoxy groups -OCH3 is 1. The number of nitrogens with one attached hydrogen (secondary N) is 1. The van der Waals surface area contributed by atoms with Crippen LogP contribution >= 0.6 is 11.6 Å². The molecule has 1 aromatic rings.